The van der Waals surface area contributed by atoms with Crippen LogP contribution < -0.4 is 9.47 Å². The fraction of sp³-hybridized carbons (Fsp3) is 0.333. The zero-order valence-electron chi connectivity index (χ0n) is 21.6. The molecule has 0 N–H and O–H groups in total. The predicted molar refractivity (Wildman–Crippen MR) is 143 cm³/mol. The Kier molecular flexibility index (Phi) is 7.90. The maximum Gasteiger partial charge on any atom is 0.277 e. The summed E-state index contributed by atoms with van der Waals surface area (Å²) in [7, 11) is 6.53. The first-order chi connectivity index (χ1) is 17.9. The molecule has 0 radical (unpaired) electrons. The van der Waals surface area contributed by atoms with Gasteiger partial charge in [0.25, 0.3) is 5.91 Å². The zero-order valence-corrected chi connectivity index (χ0v) is 22.4. The summed E-state index contributed by atoms with van der Waals surface area (Å²) in [5.74, 6) is 1.06. The number of benzene rings is 1. The van der Waals surface area contributed by atoms with Gasteiger partial charge in [-0.05, 0) is 23.8 Å². The molecule has 0 atom stereocenters. The third-order valence-electron chi connectivity index (χ3n) is 6.33. The molecule has 0 spiro atoms. The number of aromatic nitrogens is 3. The molecule has 1 aliphatic heterocycles. The Hall–Kier alpha value is -4.07. The molecular weight excluding hydrogens is 510 g/mol. The third kappa shape index (κ3) is 4.90. The average molecular weight is 538 g/mol. The minimum absolute atomic E-state index is 0. The SMILES string of the molecule is COc1c(C(=O)N(C)C)nn(C)c1-c1cc2nccc(-c3ccc(OC4CCOCC4)c(C#N)c3)c2o1.Cl. The summed E-state index contributed by atoms with van der Waals surface area (Å²) >= 11 is 0. The predicted octanol–water partition coefficient (Wildman–Crippen LogP) is 4.46. The summed E-state index contributed by atoms with van der Waals surface area (Å²) in [6.45, 7) is 1.32. The number of amides is 1. The number of carbonyl (C=O) groups is 1. The van der Waals surface area contributed by atoms with Crippen LogP contribution in [-0.2, 0) is 11.8 Å². The van der Waals surface area contributed by atoms with Crippen LogP contribution >= 0.6 is 12.4 Å². The Balaban J connectivity index is 0.00000336. The van der Waals surface area contributed by atoms with Gasteiger partial charge in [-0.1, -0.05) is 6.07 Å². The molecule has 0 aliphatic carbocycles. The molecule has 3 aromatic heterocycles. The van der Waals surface area contributed by atoms with Gasteiger partial charge in [0, 0.05) is 51.8 Å². The first-order valence-electron chi connectivity index (χ1n) is 11.9. The first kappa shape index (κ1) is 27.0. The second-order valence-corrected chi connectivity index (χ2v) is 8.99. The van der Waals surface area contributed by atoms with Crippen molar-refractivity contribution in [2.24, 2.45) is 7.05 Å². The normalized spacial score (nSPS) is 13.6. The lowest BCUT2D eigenvalue weighted by molar-refractivity contribution is 0.0254. The van der Waals surface area contributed by atoms with Gasteiger partial charge >= 0.3 is 0 Å². The van der Waals surface area contributed by atoms with E-state index in [2.05, 4.69) is 16.2 Å². The van der Waals surface area contributed by atoms with Crippen molar-refractivity contribution in [1.29, 1.82) is 5.26 Å². The molecule has 1 amide bonds. The number of furan rings is 1. The number of nitrogens with zero attached hydrogens (tertiary/aromatic N) is 5. The molecule has 0 saturated carbocycles. The van der Waals surface area contributed by atoms with Gasteiger partial charge in [-0.25, -0.2) is 0 Å². The number of halogens is 1. The summed E-state index contributed by atoms with van der Waals surface area (Å²) in [5.41, 5.74) is 3.90. The number of hydrogen-bond donors (Lipinski definition) is 0. The lowest BCUT2D eigenvalue weighted by atomic mass is 10.0. The molecule has 4 aromatic rings. The van der Waals surface area contributed by atoms with E-state index in [-0.39, 0.29) is 30.1 Å². The van der Waals surface area contributed by atoms with Crippen LogP contribution in [-0.4, -0.2) is 66.1 Å². The van der Waals surface area contributed by atoms with Crippen molar-refractivity contribution in [2.45, 2.75) is 18.9 Å². The van der Waals surface area contributed by atoms with E-state index >= 15 is 0 Å². The summed E-state index contributed by atoms with van der Waals surface area (Å²) in [5, 5.41) is 14.2. The minimum Gasteiger partial charge on any atom is -0.492 e. The van der Waals surface area contributed by atoms with E-state index in [0.717, 1.165) is 24.0 Å². The standard InChI is InChI=1S/C27H27N5O5.ClH/c1-31(2)27(33)23-26(34-4)24(32(3)30-23)22-14-20-25(37-22)19(7-10-29-20)16-5-6-21(17(13-16)15-28)36-18-8-11-35-12-9-18;/h5-7,10,13-14,18H,8-9,11-12H2,1-4H3;1H. The number of pyridine rings is 1. The number of methoxy groups -OCH3 is 1. The molecule has 1 aromatic carbocycles. The Bertz CT molecular complexity index is 1510. The number of ether oxygens (including phenoxy) is 3. The van der Waals surface area contributed by atoms with Crippen molar-refractivity contribution in [3.05, 3.63) is 47.8 Å². The van der Waals surface area contributed by atoms with Gasteiger partial charge in [-0.15, -0.1) is 12.4 Å². The number of fused-ring (bicyclic) bond motifs is 1. The molecule has 38 heavy (non-hydrogen) atoms. The van der Waals surface area contributed by atoms with Crippen LogP contribution in [0.2, 0.25) is 0 Å². The molecule has 1 aliphatic rings. The Morgan fingerprint density at radius 3 is 2.66 bits per heavy atom. The van der Waals surface area contributed by atoms with Gasteiger partial charge < -0.3 is 23.5 Å². The first-order valence-corrected chi connectivity index (χ1v) is 11.9. The lowest BCUT2D eigenvalue weighted by Gasteiger charge is -2.23. The van der Waals surface area contributed by atoms with Crippen LogP contribution in [0.25, 0.3) is 33.7 Å². The van der Waals surface area contributed by atoms with Crippen molar-refractivity contribution in [3.8, 4) is 40.1 Å². The number of nitriles is 1. The minimum atomic E-state index is -0.277. The maximum atomic E-state index is 12.6. The fourth-order valence-corrected chi connectivity index (χ4v) is 4.46. The summed E-state index contributed by atoms with van der Waals surface area (Å²) in [4.78, 5) is 18.5. The molecule has 0 unspecified atom stereocenters. The Labute approximate surface area is 226 Å². The van der Waals surface area contributed by atoms with E-state index in [1.54, 1.807) is 44.2 Å². The van der Waals surface area contributed by atoms with Gasteiger partial charge in [-0.3, -0.25) is 14.5 Å². The highest BCUT2D eigenvalue weighted by atomic mass is 35.5. The largest absolute Gasteiger partial charge is 0.492 e. The van der Waals surface area contributed by atoms with Crippen LogP contribution in [0, 0.1) is 11.3 Å². The van der Waals surface area contributed by atoms with Crippen molar-refractivity contribution < 1.29 is 23.4 Å². The number of aryl methyl sites for hydroxylation is 1. The van der Waals surface area contributed by atoms with E-state index in [0.29, 0.717) is 52.8 Å². The monoisotopic (exact) mass is 537 g/mol. The van der Waals surface area contributed by atoms with Crippen LogP contribution in [0.1, 0.15) is 28.9 Å². The molecule has 11 heteroatoms. The number of rotatable bonds is 6. The second kappa shape index (κ2) is 11.1. The van der Waals surface area contributed by atoms with Gasteiger partial charge in [0.05, 0.1) is 25.9 Å². The molecule has 10 nitrogen and oxygen atoms in total. The van der Waals surface area contributed by atoms with E-state index < -0.39 is 0 Å². The molecule has 198 valence electrons. The van der Waals surface area contributed by atoms with Gasteiger partial charge in [0.15, 0.2) is 22.8 Å². The molecular formula is C27H28ClN5O5. The quantitative estimate of drug-likeness (QED) is 0.354. The van der Waals surface area contributed by atoms with E-state index in [1.807, 2.05) is 18.2 Å². The van der Waals surface area contributed by atoms with E-state index in [9.17, 15) is 10.1 Å². The van der Waals surface area contributed by atoms with Crippen LogP contribution in [0.4, 0.5) is 0 Å². The Morgan fingerprint density at radius 2 is 1.97 bits per heavy atom. The van der Waals surface area contributed by atoms with E-state index in [4.69, 9.17) is 18.6 Å². The lowest BCUT2D eigenvalue weighted by Crippen LogP contribution is -2.26. The number of carbonyl (C=O) groups excluding carboxylic acids is 1. The number of hydrogen-bond acceptors (Lipinski definition) is 8. The second-order valence-electron chi connectivity index (χ2n) is 8.99. The van der Waals surface area contributed by atoms with Crippen LogP contribution in [0.15, 0.2) is 40.9 Å². The van der Waals surface area contributed by atoms with Crippen molar-refractivity contribution in [1.82, 2.24) is 19.7 Å². The highest BCUT2D eigenvalue weighted by Crippen LogP contribution is 2.39. The molecule has 4 heterocycles. The van der Waals surface area contributed by atoms with Crippen LogP contribution in [0.3, 0.4) is 0 Å². The summed E-state index contributed by atoms with van der Waals surface area (Å²) in [6.07, 6.45) is 3.32. The maximum absolute atomic E-state index is 12.6. The van der Waals surface area contributed by atoms with Crippen molar-refractivity contribution in [3.63, 3.8) is 0 Å². The van der Waals surface area contributed by atoms with Crippen LogP contribution in [0.5, 0.6) is 11.5 Å². The molecule has 5 rings (SSSR count). The van der Waals surface area contributed by atoms with Gasteiger partial charge in [0.1, 0.15) is 29.1 Å². The summed E-state index contributed by atoms with van der Waals surface area (Å²) in [6, 6.07) is 11.4. The highest BCUT2D eigenvalue weighted by molar-refractivity contribution is 5.98. The molecule has 0 bridgehead atoms. The molecule has 1 fully saturated rings. The van der Waals surface area contributed by atoms with Gasteiger partial charge in [0.2, 0.25) is 0 Å². The Morgan fingerprint density at radius 1 is 1.21 bits per heavy atom. The highest BCUT2D eigenvalue weighted by Gasteiger charge is 2.27. The van der Waals surface area contributed by atoms with Gasteiger partial charge in [-0.2, -0.15) is 10.4 Å². The average Bonchev–Trinajstić information content (AvgIpc) is 3.49. The van der Waals surface area contributed by atoms with Crippen molar-refractivity contribution in [2.75, 3.05) is 34.4 Å². The third-order valence-corrected chi connectivity index (χ3v) is 6.33. The van der Waals surface area contributed by atoms with E-state index in [1.165, 1.54) is 12.0 Å². The fourth-order valence-electron chi connectivity index (χ4n) is 4.46. The topological polar surface area (TPSA) is 116 Å². The van der Waals surface area contributed by atoms with Crippen molar-refractivity contribution >= 4 is 29.4 Å². The zero-order chi connectivity index (χ0) is 26.1. The molecule has 1 saturated heterocycles. The summed E-state index contributed by atoms with van der Waals surface area (Å²) < 4.78 is 24.9. The smallest absolute Gasteiger partial charge is 0.277 e.